The van der Waals surface area contributed by atoms with Crippen molar-refractivity contribution in [3.8, 4) is 40.0 Å². The standard InChI is InChI=1S/C26H28N4O7S/c1-33-23-9-16(10-24(34-2)25(23)35-3)20-14-38-26(28-18-7-5-4-6-8-18)29(20)27-13-17-11-21-22(37-15-36-21)12-19(17)30(31)32/h9-14,18H,4-8,15H2,1-3H3/b27-13+,28-26?. The zero-order valence-corrected chi connectivity index (χ0v) is 22.2. The second kappa shape index (κ2) is 11.1. The van der Waals surface area contributed by atoms with Gasteiger partial charge in [0.2, 0.25) is 17.3 Å². The van der Waals surface area contributed by atoms with Crippen molar-refractivity contribution in [2.45, 2.75) is 38.1 Å². The molecule has 0 spiro atoms. The van der Waals surface area contributed by atoms with E-state index in [1.165, 1.54) is 30.0 Å². The highest BCUT2D eigenvalue weighted by molar-refractivity contribution is 7.07. The summed E-state index contributed by atoms with van der Waals surface area (Å²) in [6.45, 7) is 0.0159. The Balaban J connectivity index is 1.65. The topological polar surface area (TPSA) is 119 Å². The third kappa shape index (κ3) is 5.03. The van der Waals surface area contributed by atoms with Crippen LogP contribution in [0.25, 0.3) is 11.3 Å². The smallest absolute Gasteiger partial charge is 0.282 e. The van der Waals surface area contributed by atoms with Gasteiger partial charge in [-0.3, -0.25) is 15.1 Å². The highest BCUT2D eigenvalue weighted by Crippen LogP contribution is 2.41. The summed E-state index contributed by atoms with van der Waals surface area (Å²) in [5, 5.41) is 18.4. The van der Waals surface area contributed by atoms with Crippen LogP contribution < -0.4 is 28.5 Å². The zero-order valence-electron chi connectivity index (χ0n) is 21.3. The van der Waals surface area contributed by atoms with Gasteiger partial charge in [0, 0.05) is 10.9 Å². The fourth-order valence-corrected chi connectivity index (χ4v) is 5.53. The van der Waals surface area contributed by atoms with Crippen LogP contribution in [0.4, 0.5) is 5.69 Å². The number of ether oxygens (including phenoxy) is 5. The summed E-state index contributed by atoms with van der Waals surface area (Å²) in [7, 11) is 4.67. The number of nitro benzene ring substituents is 1. The Kier molecular flexibility index (Phi) is 7.50. The van der Waals surface area contributed by atoms with E-state index in [0.29, 0.717) is 33.5 Å². The van der Waals surface area contributed by atoms with Crippen LogP contribution >= 0.6 is 11.3 Å². The van der Waals surface area contributed by atoms with Gasteiger partial charge in [0.25, 0.3) is 5.69 Å². The molecule has 1 saturated carbocycles. The molecule has 2 heterocycles. The van der Waals surface area contributed by atoms with Crippen LogP contribution in [-0.4, -0.2) is 50.0 Å². The Morgan fingerprint density at radius 3 is 2.34 bits per heavy atom. The first kappa shape index (κ1) is 25.6. The highest BCUT2D eigenvalue weighted by Gasteiger charge is 2.23. The van der Waals surface area contributed by atoms with Gasteiger partial charge in [0.1, 0.15) is 0 Å². The molecule has 0 bridgehead atoms. The summed E-state index contributed by atoms with van der Waals surface area (Å²) >= 11 is 1.46. The van der Waals surface area contributed by atoms with Gasteiger partial charge in [-0.25, -0.2) is 4.68 Å². The van der Waals surface area contributed by atoms with Crippen molar-refractivity contribution in [2.24, 2.45) is 10.1 Å². The number of hydrogen-bond acceptors (Lipinski definition) is 10. The van der Waals surface area contributed by atoms with E-state index >= 15 is 0 Å². The first-order valence-corrected chi connectivity index (χ1v) is 13.1. The van der Waals surface area contributed by atoms with E-state index in [-0.39, 0.29) is 24.1 Å². The SMILES string of the molecule is COc1cc(-c2csc(=NC3CCCCC3)n2/N=C/c2cc3c(cc2[N+](=O)[O-])OCO3)cc(OC)c1OC. The van der Waals surface area contributed by atoms with Crippen LogP contribution in [0.2, 0.25) is 0 Å². The van der Waals surface area contributed by atoms with Crippen LogP contribution in [0.3, 0.4) is 0 Å². The van der Waals surface area contributed by atoms with Crippen molar-refractivity contribution >= 4 is 23.2 Å². The van der Waals surface area contributed by atoms with Gasteiger partial charge in [-0.1, -0.05) is 19.3 Å². The normalized spacial score (nSPS) is 15.7. The summed E-state index contributed by atoms with van der Waals surface area (Å²) in [6, 6.07) is 6.80. The summed E-state index contributed by atoms with van der Waals surface area (Å²) < 4.78 is 29.0. The minimum atomic E-state index is -0.463. The molecule has 1 aliphatic carbocycles. The van der Waals surface area contributed by atoms with Crippen molar-refractivity contribution in [3.63, 3.8) is 0 Å². The molecule has 0 atom stereocenters. The summed E-state index contributed by atoms with van der Waals surface area (Å²) in [6.07, 6.45) is 7.01. The quantitative estimate of drug-likeness (QED) is 0.224. The molecule has 38 heavy (non-hydrogen) atoms. The highest BCUT2D eigenvalue weighted by atomic mass is 32.1. The van der Waals surface area contributed by atoms with Crippen molar-refractivity contribution in [3.05, 3.63) is 50.1 Å². The second-order valence-electron chi connectivity index (χ2n) is 8.82. The number of fused-ring (bicyclic) bond motifs is 1. The Morgan fingerprint density at radius 1 is 1.03 bits per heavy atom. The van der Waals surface area contributed by atoms with Crippen molar-refractivity contribution in [2.75, 3.05) is 28.1 Å². The molecule has 0 saturated heterocycles. The molecular weight excluding hydrogens is 512 g/mol. The molecule has 0 unspecified atom stereocenters. The summed E-state index contributed by atoms with van der Waals surface area (Å²) in [5.74, 6) is 2.25. The Hall–Kier alpha value is -4.06. The minimum absolute atomic E-state index is 0.0159. The summed E-state index contributed by atoms with van der Waals surface area (Å²) in [4.78, 5) is 17.0. The molecule has 11 nitrogen and oxygen atoms in total. The predicted molar refractivity (Wildman–Crippen MR) is 142 cm³/mol. The third-order valence-electron chi connectivity index (χ3n) is 6.54. The molecule has 2 aliphatic rings. The first-order valence-electron chi connectivity index (χ1n) is 12.2. The van der Waals surface area contributed by atoms with Crippen LogP contribution in [0.5, 0.6) is 28.7 Å². The van der Waals surface area contributed by atoms with E-state index in [1.54, 1.807) is 32.1 Å². The number of rotatable bonds is 8. The molecule has 2 aromatic carbocycles. The maximum absolute atomic E-state index is 11.8. The van der Waals surface area contributed by atoms with Crippen LogP contribution in [0, 0.1) is 10.1 Å². The third-order valence-corrected chi connectivity index (χ3v) is 7.37. The Morgan fingerprint density at radius 2 is 1.71 bits per heavy atom. The van der Waals surface area contributed by atoms with Gasteiger partial charge >= 0.3 is 0 Å². The number of nitrogens with zero attached hydrogens (tertiary/aromatic N) is 4. The monoisotopic (exact) mass is 540 g/mol. The van der Waals surface area contributed by atoms with Crippen LogP contribution in [0.15, 0.2) is 39.7 Å². The number of hydrogen-bond donors (Lipinski definition) is 0. The average molecular weight is 541 g/mol. The van der Waals surface area contributed by atoms with Crippen LogP contribution in [-0.2, 0) is 0 Å². The Labute approximate surface area is 223 Å². The maximum atomic E-state index is 11.8. The largest absolute Gasteiger partial charge is 0.493 e. The lowest BCUT2D eigenvalue weighted by atomic mass is 9.96. The molecule has 1 aromatic heterocycles. The first-order chi connectivity index (χ1) is 18.5. The van der Waals surface area contributed by atoms with Crippen molar-refractivity contribution < 1.29 is 28.6 Å². The molecule has 200 valence electrons. The van der Waals surface area contributed by atoms with E-state index in [1.807, 2.05) is 17.5 Å². The molecule has 0 radical (unpaired) electrons. The predicted octanol–water partition coefficient (Wildman–Crippen LogP) is 4.99. The molecule has 5 rings (SSSR count). The molecule has 3 aromatic rings. The number of thiazole rings is 1. The van der Waals surface area contributed by atoms with E-state index in [4.69, 9.17) is 33.8 Å². The number of methoxy groups -OCH3 is 3. The molecule has 1 aliphatic heterocycles. The maximum Gasteiger partial charge on any atom is 0.282 e. The fourth-order valence-electron chi connectivity index (χ4n) is 4.62. The second-order valence-corrected chi connectivity index (χ2v) is 9.65. The van der Waals surface area contributed by atoms with Crippen LogP contribution in [0.1, 0.15) is 37.7 Å². The van der Waals surface area contributed by atoms with E-state index in [9.17, 15) is 10.1 Å². The van der Waals surface area contributed by atoms with Gasteiger partial charge in [-0.05, 0) is 31.0 Å². The summed E-state index contributed by atoms with van der Waals surface area (Å²) in [5.41, 5.74) is 1.65. The molecule has 12 heteroatoms. The van der Waals surface area contributed by atoms with Gasteiger partial charge in [0.05, 0.1) is 55.8 Å². The van der Waals surface area contributed by atoms with Crippen molar-refractivity contribution in [1.29, 1.82) is 0 Å². The number of benzene rings is 2. The molecule has 1 fully saturated rings. The van der Waals surface area contributed by atoms with Crippen molar-refractivity contribution in [1.82, 2.24) is 4.68 Å². The van der Waals surface area contributed by atoms with Gasteiger partial charge in [-0.15, -0.1) is 11.3 Å². The number of aromatic nitrogens is 1. The van der Waals surface area contributed by atoms with E-state index < -0.39 is 4.92 Å². The minimum Gasteiger partial charge on any atom is -0.493 e. The molecule has 0 amide bonds. The molecule has 0 N–H and O–H groups in total. The van der Waals surface area contributed by atoms with Gasteiger partial charge in [0.15, 0.2) is 23.0 Å². The lowest BCUT2D eigenvalue weighted by Gasteiger charge is -2.17. The fraction of sp³-hybridized carbons (Fsp3) is 0.385. The average Bonchev–Trinajstić information content (AvgIpc) is 3.57. The lowest BCUT2D eigenvalue weighted by molar-refractivity contribution is -0.385. The van der Waals surface area contributed by atoms with Gasteiger partial charge in [-0.2, -0.15) is 5.10 Å². The Bertz CT molecular complexity index is 1410. The van der Waals surface area contributed by atoms with E-state index in [2.05, 4.69) is 0 Å². The van der Waals surface area contributed by atoms with Gasteiger partial charge < -0.3 is 23.7 Å². The molecular formula is C26H28N4O7S. The zero-order chi connectivity index (χ0) is 26.6. The number of nitro groups is 1. The lowest BCUT2D eigenvalue weighted by Crippen LogP contribution is -2.19. The van der Waals surface area contributed by atoms with E-state index in [0.717, 1.165) is 36.9 Å².